The highest BCUT2D eigenvalue weighted by molar-refractivity contribution is 14.1. The summed E-state index contributed by atoms with van der Waals surface area (Å²) in [4.78, 5) is 1.83. The standard InChI is InChI=1S/C16H13IN2O/c17-12-8-4-5-9-13(12)19-10-14(20)15(16(19)18)11-6-2-1-3-7-11/h1-9,18,20H,10H2. The van der Waals surface area contributed by atoms with Crippen LogP contribution >= 0.6 is 22.6 Å². The fourth-order valence-electron chi connectivity index (χ4n) is 2.36. The fraction of sp³-hybridized carbons (Fsp3) is 0.0625. The average molecular weight is 376 g/mol. The monoisotopic (exact) mass is 376 g/mol. The predicted molar refractivity (Wildman–Crippen MR) is 90.2 cm³/mol. The molecule has 3 rings (SSSR count). The number of amidine groups is 1. The molecule has 1 aliphatic rings. The first-order valence-electron chi connectivity index (χ1n) is 6.27. The summed E-state index contributed by atoms with van der Waals surface area (Å²) in [5.74, 6) is 0.596. The van der Waals surface area contributed by atoms with Gasteiger partial charge < -0.3 is 10.0 Å². The SMILES string of the molecule is N=C1C(c2ccccc2)=C(O)CN1c1ccccc1I. The van der Waals surface area contributed by atoms with Gasteiger partial charge in [-0.3, -0.25) is 5.41 Å². The number of nitrogens with zero attached hydrogens (tertiary/aromatic N) is 1. The third kappa shape index (κ3) is 2.20. The number of aliphatic hydroxyl groups is 1. The van der Waals surface area contributed by atoms with Crippen molar-refractivity contribution < 1.29 is 5.11 Å². The van der Waals surface area contributed by atoms with E-state index in [2.05, 4.69) is 22.6 Å². The van der Waals surface area contributed by atoms with Crippen molar-refractivity contribution in [3.8, 4) is 0 Å². The maximum absolute atomic E-state index is 10.2. The van der Waals surface area contributed by atoms with Gasteiger partial charge in [-0.15, -0.1) is 0 Å². The summed E-state index contributed by atoms with van der Waals surface area (Å²) in [6, 6.07) is 17.5. The van der Waals surface area contributed by atoms with Gasteiger partial charge in [0.25, 0.3) is 0 Å². The van der Waals surface area contributed by atoms with E-state index < -0.39 is 0 Å². The van der Waals surface area contributed by atoms with Crippen LogP contribution in [0.2, 0.25) is 0 Å². The number of halogens is 1. The highest BCUT2D eigenvalue weighted by Crippen LogP contribution is 2.32. The van der Waals surface area contributed by atoms with Gasteiger partial charge in [-0.25, -0.2) is 0 Å². The second kappa shape index (κ2) is 5.28. The van der Waals surface area contributed by atoms with Crippen LogP contribution in [0.3, 0.4) is 0 Å². The quantitative estimate of drug-likeness (QED) is 0.777. The first kappa shape index (κ1) is 13.2. The lowest BCUT2D eigenvalue weighted by atomic mass is 10.1. The van der Waals surface area contributed by atoms with Crippen molar-refractivity contribution in [2.75, 3.05) is 11.4 Å². The molecule has 3 nitrogen and oxygen atoms in total. The van der Waals surface area contributed by atoms with E-state index in [9.17, 15) is 5.11 Å². The molecule has 0 atom stereocenters. The number of anilines is 1. The molecule has 2 aromatic carbocycles. The number of aliphatic hydroxyl groups excluding tert-OH is 1. The van der Waals surface area contributed by atoms with E-state index in [1.807, 2.05) is 59.5 Å². The Kier molecular flexibility index (Phi) is 3.48. The lowest BCUT2D eigenvalue weighted by Gasteiger charge is -2.20. The van der Waals surface area contributed by atoms with Crippen molar-refractivity contribution in [3.05, 3.63) is 69.5 Å². The van der Waals surface area contributed by atoms with E-state index in [-0.39, 0.29) is 5.76 Å². The molecule has 0 aliphatic carbocycles. The van der Waals surface area contributed by atoms with Crippen molar-refractivity contribution >= 4 is 39.7 Å². The molecular weight excluding hydrogens is 363 g/mol. The van der Waals surface area contributed by atoms with Crippen molar-refractivity contribution in [2.45, 2.75) is 0 Å². The van der Waals surface area contributed by atoms with Gasteiger partial charge in [-0.2, -0.15) is 0 Å². The summed E-state index contributed by atoms with van der Waals surface area (Å²) in [7, 11) is 0. The molecule has 0 aromatic heterocycles. The Labute approximate surface area is 131 Å². The van der Waals surface area contributed by atoms with Gasteiger partial charge in [-0.1, -0.05) is 42.5 Å². The Morgan fingerprint density at radius 3 is 2.35 bits per heavy atom. The number of hydrogen-bond donors (Lipinski definition) is 2. The molecular formula is C16H13IN2O. The third-order valence-electron chi connectivity index (χ3n) is 3.31. The van der Waals surface area contributed by atoms with Crippen molar-refractivity contribution in [1.82, 2.24) is 0 Å². The van der Waals surface area contributed by atoms with Crippen LogP contribution in [0.25, 0.3) is 5.57 Å². The first-order chi connectivity index (χ1) is 9.68. The van der Waals surface area contributed by atoms with Crippen LogP contribution in [0, 0.1) is 8.98 Å². The second-order valence-electron chi connectivity index (χ2n) is 4.57. The summed E-state index contributed by atoms with van der Waals surface area (Å²) in [6.07, 6.45) is 0. The normalized spacial score (nSPS) is 15.1. The maximum Gasteiger partial charge on any atom is 0.137 e. The van der Waals surface area contributed by atoms with Crippen LogP contribution in [0.4, 0.5) is 5.69 Å². The van der Waals surface area contributed by atoms with Gasteiger partial charge in [-0.05, 0) is 40.3 Å². The zero-order chi connectivity index (χ0) is 14.1. The largest absolute Gasteiger partial charge is 0.510 e. The van der Waals surface area contributed by atoms with Gasteiger partial charge in [0, 0.05) is 3.57 Å². The minimum atomic E-state index is 0.251. The summed E-state index contributed by atoms with van der Waals surface area (Å²) in [6.45, 7) is 0.350. The third-order valence-corrected chi connectivity index (χ3v) is 4.22. The van der Waals surface area contributed by atoms with Crippen LogP contribution < -0.4 is 4.90 Å². The molecule has 0 saturated heterocycles. The fourth-order valence-corrected chi connectivity index (χ4v) is 3.04. The minimum absolute atomic E-state index is 0.251. The van der Waals surface area contributed by atoms with E-state index in [1.165, 1.54) is 0 Å². The highest BCUT2D eigenvalue weighted by Gasteiger charge is 2.29. The predicted octanol–water partition coefficient (Wildman–Crippen LogP) is 4.06. The van der Waals surface area contributed by atoms with Crippen molar-refractivity contribution in [1.29, 1.82) is 5.41 Å². The number of benzene rings is 2. The van der Waals surface area contributed by atoms with Crippen molar-refractivity contribution in [2.24, 2.45) is 0 Å². The van der Waals surface area contributed by atoms with E-state index in [0.717, 1.165) is 14.8 Å². The summed E-state index contributed by atoms with van der Waals surface area (Å²) in [5, 5.41) is 18.6. The molecule has 1 heterocycles. The lowest BCUT2D eigenvalue weighted by Crippen LogP contribution is -2.26. The first-order valence-corrected chi connectivity index (χ1v) is 7.35. The van der Waals surface area contributed by atoms with E-state index in [1.54, 1.807) is 0 Å². The van der Waals surface area contributed by atoms with E-state index >= 15 is 0 Å². The molecule has 100 valence electrons. The summed E-state index contributed by atoms with van der Waals surface area (Å²) < 4.78 is 1.07. The van der Waals surface area contributed by atoms with Gasteiger partial charge >= 0.3 is 0 Å². The molecule has 0 spiro atoms. The Morgan fingerprint density at radius 1 is 1.00 bits per heavy atom. The second-order valence-corrected chi connectivity index (χ2v) is 5.74. The molecule has 20 heavy (non-hydrogen) atoms. The van der Waals surface area contributed by atoms with Crippen LogP contribution in [-0.2, 0) is 0 Å². The summed E-state index contributed by atoms with van der Waals surface area (Å²) >= 11 is 2.25. The zero-order valence-corrected chi connectivity index (χ0v) is 12.8. The van der Waals surface area contributed by atoms with Gasteiger partial charge in [0.05, 0.1) is 17.8 Å². The molecule has 0 radical (unpaired) electrons. The topological polar surface area (TPSA) is 47.3 Å². The number of para-hydroxylation sites is 1. The van der Waals surface area contributed by atoms with E-state index in [4.69, 9.17) is 5.41 Å². The summed E-state index contributed by atoms with van der Waals surface area (Å²) in [5.41, 5.74) is 2.45. The Balaban J connectivity index is 2.00. The number of rotatable bonds is 2. The molecule has 0 bridgehead atoms. The Hall–Kier alpha value is -1.82. The Morgan fingerprint density at radius 2 is 1.65 bits per heavy atom. The molecule has 1 aliphatic heterocycles. The molecule has 0 saturated carbocycles. The molecule has 0 unspecified atom stereocenters. The van der Waals surface area contributed by atoms with Crippen LogP contribution in [0.1, 0.15) is 5.56 Å². The lowest BCUT2D eigenvalue weighted by molar-refractivity contribution is 0.411. The molecule has 2 N–H and O–H groups in total. The van der Waals surface area contributed by atoms with Crippen LogP contribution in [-0.4, -0.2) is 17.5 Å². The van der Waals surface area contributed by atoms with Crippen LogP contribution in [0.15, 0.2) is 60.4 Å². The van der Waals surface area contributed by atoms with Crippen LogP contribution in [0.5, 0.6) is 0 Å². The smallest absolute Gasteiger partial charge is 0.137 e. The zero-order valence-electron chi connectivity index (χ0n) is 10.7. The van der Waals surface area contributed by atoms with Gasteiger partial charge in [0.2, 0.25) is 0 Å². The average Bonchev–Trinajstić information content (AvgIpc) is 2.75. The number of nitrogens with one attached hydrogen (secondary N) is 1. The van der Waals surface area contributed by atoms with E-state index in [0.29, 0.717) is 18.0 Å². The molecule has 0 fully saturated rings. The number of hydrogen-bond acceptors (Lipinski definition) is 2. The minimum Gasteiger partial charge on any atom is -0.510 e. The van der Waals surface area contributed by atoms with Crippen molar-refractivity contribution in [3.63, 3.8) is 0 Å². The van der Waals surface area contributed by atoms with Gasteiger partial charge in [0.1, 0.15) is 11.6 Å². The highest BCUT2D eigenvalue weighted by atomic mass is 127. The molecule has 0 amide bonds. The molecule has 2 aromatic rings. The molecule has 4 heteroatoms. The van der Waals surface area contributed by atoms with Gasteiger partial charge in [0.15, 0.2) is 0 Å². The maximum atomic E-state index is 10.2. The Bertz CT molecular complexity index is 695.